The van der Waals surface area contributed by atoms with Crippen LogP contribution in [-0.4, -0.2) is 31.1 Å². The third-order valence-electron chi connectivity index (χ3n) is 4.11. The topological polar surface area (TPSA) is 63.2 Å². The SMILES string of the molecule is COc1ccc(F)cc1-c1csc(NC(=O)C(C)C2CNC2)n1.Cl. The molecule has 0 aliphatic carbocycles. The highest BCUT2D eigenvalue weighted by atomic mass is 35.5. The number of hydrogen-bond acceptors (Lipinski definition) is 5. The molecule has 0 bridgehead atoms. The van der Waals surface area contributed by atoms with Crippen LogP contribution < -0.4 is 15.4 Å². The van der Waals surface area contributed by atoms with Gasteiger partial charge in [-0.25, -0.2) is 9.37 Å². The molecule has 1 aromatic heterocycles. The fraction of sp³-hybridized carbons (Fsp3) is 0.375. The molecular formula is C16H19ClFN3O2S. The second kappa shape index (κ2) is 7.92. The van der Waals surface area contributed by atoms with Gasteiger partial charge in [-0.2, -0.15) is 0 Å². The zero-order valence-electron chi connectivity index (χ0n) is 13.3. The van der Waals surface area contributed by atoms with Crippen molar-refractivity contribution in [2.75, 3.05) is 25.5 Å². The molecule has 0 spiro atoms. The van der Waals surface area contributed by atoms with E-state index in [9.17, 15) is 9.18 Å². The lowest BCUT2D eigenvalue weighted by Crippen LogP contribution is -2.48. The van der Waals surface area contributed by atoms with Gasteiger partial charge in [0.25, 0.3) is 0 Å². The van der Waals surface area contributed by atoms with Crippen LogP contribution in [0.5, 0.6) is 5.75 Å². The van der Waals surface area contributed by atoms with Crippen LogP contribution in [0.25, 0.3) is 11.3 Å². The maximum Gasteiger partial charge on any atom is 0.229 e. The molecule has 0 radical (unpaired) electrons. The van der Waals surface area contributed by atoms with E-state index in [4.69, 9.17) is 4.74 Å². The quantitative estimate of drug-likeness (QED) is 0.847. The molecule has 8 heteroatoms. The number of benzene rings is 1. The third kappa shape index (κ3) is 3.85. The van der Waals surface area contributed by atoms with E-state index < -0.39 is 0 Å². The van der Waals surface area contributed by atoms with Gasteiger partial charge in [-0.3, -0.25) is 4.79 Å². The van der Waals surface area contributed by atoms with Crippen molar-refractivity contribution in [3.05, 3.63) is 29.4 Å². The molecule has 2 aromatic rings. The van der Waals surface area contributed by atoms with Crippen molar-refractivity contribution in [1.82, 2.24) is 10.3 Å². The molecule has 2 heterocycles. The minimum Gasteiger partial charge on any atom is -0.496 e. The van der Waals surface area contributed by atoms with Crippen LogP contribution in [0.3, 0.4) is 0 Å². The Bertz CT molecular complexity index is 721. The zero-order chi connectivity index (χ0) is 16.4. The van der Waals surface area contributed by atoms with Crippen molar-refractivity contribution >= 4 is 34.8 Å². The van der Waals surface area contributed by atoms with Crippen LogP contribution in [0.15, 0.2) is 23.6 Å². The third-order valence-corrected chi connectivity index (χ3v) is 4.86. The van der Waals surface area contributed by atoms with Crippen molar-refractivity contribution in [2.24, 2.45) is 11.8 Å². The standard InChI is InChI=1S/C16H18FN3O2S.ClH/c1-9(10-6-18-7-10)15(21)20-16-19-13(8-23-16)12-5-11(17)3-4-14(12)22-2;/h3-5,8-10,18H,6-7H2,1-2H3,(H,19,20,21);1H. The summed E-state index contributed by atoms with van der Waals surface area (Å²) in [7, 11) is 1.53. The van der Waals surface area contributed by atoms with E-state index >= 15 is 0 Å². The molecule has 3 rings (SSSR count). The lowest BCUT2D eigenvalue weighted by Gasteiger charge is -2.31. The van der Waals surface area contributed by atoms with Gasteiger partial charge in [-0.15, -0.1) is 23.7 Å². The molecule has 1 atom stereocenters. The first-order valence-corrected chi connectivity index (χ1v) is 8.27. The molecule has 1 aliphatic rings. The molecule has 1 aliphatic heterocycles. The number of anilines is 1. The average Bonchev–Trinajstić information content (AvgIpc) is 2.93. The van der Waals surface area contributed by atoms with Crippen molar-refractivity contribution in [2.45, 2.75) is 6.92 Å². The number of hydrogen-bond donors (Lipinski definition) is 2. The van der Waals surface area contributed by atoms with Crippen molar-refractivity contribution < 1.29 is 13.9 Å². The zero-order valence-corrected chi connectivity index (χ0v) is 15.0. The Kier molecular flexibility index (Phi) is 6.15. The Morgan fingerprint density at radius 3 is 2.88 bits per heavy atom. The van der Waals surface area contributed by atoms with Gasteiger partial charge in [0.15, 0.2) is 5.13 Å². The second-order valence-electron chi connectivity index (χ2n) is 5.58. The van der Waals surface area contributed by atoms with E-state index in [-0.39, 0.29) is 30.0 Å². The van der Waals surface area contributed by atoms with Gasteiger partial charge in [0, 0.05) is 16.9 Å². The number of nitrogens with one attached hydrogen (secondary N) is 2. The molecule has 1 unspecified atom stereocenters. The number of aromatic nitrogens is 1. The summed E-state index contributed by atoms with van der Waals surface area (Å²) in [5.41, 5.74) is 1.15. The first kappa shape index (κ1) is 18.6. The molecule has 130 valence electrons. The van der Waals surface area contributed by atoms with Crippen LogP contribution in [-0.2, 0) is 4.79 Å². The summed E-state index contributed by atoms with van der Waals surface area (Å²) in [6, 6.07) is 4.28. The number of methoxy groups -OCH3 is 1. The summed E-state index contributed by atoms with van der Waals surface area (Å²) in [6.45, 7) is 3.67. The van der Waals surface area contributed by atoms with Crippen molar-refractivity contribution in [1.29, 1.82) is 0 Å². The summed E-state index contributed by atoms with van der Waals surface area (Å²) < 4.78 is 18.7. The van der Waals surface area contributed by atoms with E-state index in [1.165, 1.54) is 30.6 Å². The van der Waals surface area contributed by atoms with Gasteiger partial charge >= 0.3 is 0 Å². The monoisotopic (exact) mass is 371 g/mol. The predicted molar refractivity (Wildman–Crippen MR) is 95.5 cm³/mol. The molecule has 1 fully saturated rings. The molecular weight excluding hydrogens is 353 g/mol. The predicted octanol–water partition coefficient (Wildman–Crippen LogP) is 3.17. The molecule has 1 amide bonds. The van der Waals surface area contributed by atoms with E-state index in [0.29, 0.717) is 28.1 Å². The minimum absolute atomic E-state index is 0. The van der Waals surface area contributed by atoms with Gasteiger partial charge in [0.1, 0.15) is 11.6 Å². The smallest absolute Gasteiger partial charge is 0.229 e. The maximum atomic E-state index is 13.5. The molecule has 0 saturated carbocycles. The highest BCUT2D eigenvalue weighted by molar-refractivity contribution is 7.14. The number of amides is 1. The first-order chi connectivity index (χ1) is 11.1. The van der Waals surface area contributed by atoms with E-state index in [2.05, 4.69) is 15.6 Å². The summed E-state index contributed by atoms with van der Waals surface area (Å²) in [5.74, 6) is 0.461. The van der Waals surface area contributed by atoms with Gasteiger partial charge in [0.05, 0.1) is 12.8 Å². The Labute approximate surface area is 150 Å². The number of carbonyl (C=O) groups is 1. The second-order valence-corrected chi connectivity index (χ2v) is 6.44. The number of rotatable bonds is 5. The molecule has 1 aromatic carbocycles. The number of nitrogens with zero attached hydrogens (tertiary/aromatic N) is 1. The minimum atomic E-state index is -0.356. The highest BCUT2D eigenvalue weighted by Gasteiger charge is 2.29. The van der Waals surface area contributed by atoms with Crippen LogP contribution >= 0.6 is 23.7 Å². The van der Waals surface area contributed by atoms with E-state index in [1.54, 1.807) is 11.4 Å². The van der Waals surface area contributed by atoms with Gasteiger partial charge in [0.2, 0.25) is 5.91 Å². The fourth-order valence-electron chi connectivity index (χ4n) is 2.43. The number of carbonyl (C=O) groups excluding carboxylic acids is 1. The molecule has 2 N–H and O–H groups in total. The van der Waals surface area contributed by atoms with Gasteiger partial charge in [-0.05, 0) is 37.2 Å². The van der Waals surface area contributed by atoms with Crippen molar-refractivity contribution in [3.8, 4) is 17.0 Å². The Morgan fingerprint density at radius 2 is 2.25 bits per heavy atom. The van der Waals surface area contributed by atoms with Gasteiger partial charge < -0.3 is 15.4 Å². The Morgan fingerprint density at radius 1 is 1.50 bits per heavy atom. The Hall–Kier alpha value is -1.70. The summed E-state index contributed by atoms with van der Waals surface area (Å²) in [4.78, 5) is 16.6. The number of thiazole rings is 1. The van der Waals surface area contributed by atoms with Crippen LogP contribution in [0.4, 0.5) is 9.52 Å². The lowest BCUT2D eigenvalue weighted by atomic mass is 9.88. The highest BCUT2D eigenvalue weighted by Crippen LogP contribution is 2.33. The molecule has 5 nitrogen and oxygen atoms in total. The average molecular weight is 372 g/mol. The van der Waals surface area contributed by atoms with E-state index in [1.807, 2.05) is 6.92 Å². The number of ether oxygens (including phenoxy) is 1. The first-order valence-electron chi connectivity index (χ1n) is 7.39. The van der Waals surface area contributed by atoms with Gasteiger partial charge in [-0.1, -0.05) is 6.92 Å². The van der Waals surface area contributed by atoms with E-state index in [0.717, 1.165) is 13.1 Å². The normalized spacial score (nSPS) is 15.1. The summed E-state index contributed by atoms with van der Waals surface area (Å²) >= 11 is 1.32. The number of halogens is 2. The van der Waals surface area contributed by atoms with Crippen LogP contribution in [0.2, 0.25) is 0 Å². The molecule has 24 heavy (non-hydrogen) atoms. The summed E-state index contributed by atoms with van der Waals surface area (Å²) in [6.07, 6.45) is 0. The summed E-state index contributed by atoms with van der Waals surface area (Å²) in [5, 5.41) is 8.29. The lowest BCUT2D eigenvalue weighted by molar-refractivity contribution is -0.121. The fourth-order valence-corrected chi connectivity index (χ4v) is 3.15. The van der Waals surface area contributed by atoms with Crippen LogP contribution in [0, 0.1) is 17.7 Å². The Balaban J connectivity index is 0.00000208. The molecule has 1 saturated heterocycles. The van der Waals surface area contributed by atoms with Crippen molar-refractivity contribution in [3.63, 3.8) is 0 Å². The largest absolute Gasteiger partial charge is 0.496 e. The maximum absolute atomic E-state index is 13.5. The van der Waals surface area contributed by atoms with Crippen LogP contribution in [0.1, 0.15) is 6.92 Å².